The molecule has 0 radical (unpaired) electrons. The van der Waals surface area contributed by atoms with Gasteiger partial charge in [0.05, 0.1) is 5.02 Å². The Morgan fingerprint density at radius 2 is 2.00 bits per heavy atom. The maximum absolute atomic E-state index is 13.3. The summed E-state index contributed by atoms with van der Waals surface area (Å²) in [5.41, 5.74) is 7.52. The van der Waals surface area contributed by atoms with Gasteiger partial charge in [0, 0.05) is 11.6 Å². The molecule has 0 aliphatic heterocycles. The van der Waals surface area contributed by atoms with Gasteiger partial charge in [-0.1, -0.05) is 35.9 Å². The molecule has 2 rings (SSSR count). The third-order valence-electron chi connectivity index (χ3n) is 2.79. The lowest BCUT2D eigenvalue weighted by atomic mass is 10.1. The molecule has 2 aromatic rings. The molecule has 0 aliphatic carbocycles. The van der Waals surface area contributed by atoms with Crippen LogP contribution in [0, 0.1) is 5.82 Å². The molecule has 2 nitrogen and oxygen atoms in total. The van der Waals surface area contributed by atoms with Crippen LogP contribution in [0.3, 0.4) is 0 Å². The maximum Gasteiger partial charge on any atom is 0.142 e. The van der Waals surface area contributed by atoms with Crippen molar-refractivity contribution >= 4 is 11.6 Å². The second-order valence-corrected chi connectivity index (χ2v) is 4.77. The molecule has 4 heteroatoms. The fourth-order valence-corrected chi connectivity index (χ4v) is 1.90. The summed E-state index contributed by atoms with van der Waals surface area (Å²) in [5.74, 6) is 0.274. The van der Waals surface area contributed by atoms with Crippen molar-refractivity contribution in [3.8, 4) is 5.75 Å². The van der Waals surface area contributed by atoms with Crippen molar-refractivity contribution in [2.45, 2.75) is 19.6 Å². The van der Waals surface area contributed by atoms with Crippen molar-refractivity contribution in [1.82, 2.24) is 0 Å². The lowest BCUT2D eigenvalue weighted by molar-refractivity contribution is 0.301. The Bertz CT molecular complexity index is 572. The van der Waals surface area contributed by atoms with E-state index in [1.54, 1.807) is 6.07 Å². The topological polar surface area (TPSA) is 35.2 Å². The normalized spacial score (nSPS) is 12.2. The molecule has 0 heterocycles. The van der Waals surface area contributed by atoms with Crippen LogP contribution >= 0.6 is 11.6 Å². The molecule has 0 unspecified atom stereocenters. The van der Waals surface area contributed by atoms with Gasteiger partial charge in [-0.05, 0) is 30.7 Å². The average Bonchev–Trinajstić information content (AvgIpc) is 2.40. The molecule has 0 saturated carbocycles. The Labute approximate surface area is 117 Å². The van der Waals surface area contributed by atoms with E-state index in [-0.39, 0.29) is 17.7 Å². The minimum Gasteiger partial charge on any atom is -0.489 e. The maximum atomic E-state index is 13.3. The summed E-state index contributed by atoms with van der Waals surface area (Å²) in [6, 6.07) is 12.1. The van der Waals surface area contributed by atoms with E-state index in [2.05, 4.69) is 0 Å². The van der Waals surface area contributed by atoms with Crippen LogP contribution in [0.15, 0.2) is 42.5 Å². The van der Waals surface area contributed by atoms with Gasteiger partial charge in [0.15, 0.2) is 0 Å². The van der Waals surface area contributed by atoms with Crippen LogP contribution in [0.4, 0.5) is 4.39 Å². The van der Waals surface area contributed by atoms with Gasteiger partial charge < -0.3 is 10.5 Å². The van der Waals surface area contributed by atoms with Crippen LogP contribution in [0.2, 0.25) is 5.02 Å². The third-order valence-corrected chi connectivity index (χ3v) is 3.09. The average molecular weight is 280 g/mol. The molecule has 2 N–H and O–H groups in total. The van der Waals surface area contributed by atoms with Gasteiger partial charge in [-0.15, -0.1) is 0 Å². The number of hydrogen-bond acceptors (Lipinski definition) is 2. The van der Waals surface area contributed by atoms with Crippen molar-refractivity contribution < 1.29 is 9.13 Å². The summed E-state index contributed by atoms with van der Waals surface area (Å²) in [7, 11) is 0. The van der Waals surface area contributed by atoms with E-state index in [0.717, 1.165) is 11.1 Å². The molecule has 0 amide bonds. The smallest absolute Gasteiger partial charge is 0.142 e. The van der Waals surface area contributed by atoms with Gasteiger partial charge >= 0.3 is 0 Å². The van der Waals surface area contributed by atoms with E-state index >= 15 is 0 Å². The Hall–Kier alpha value is -1.58. The molecule has 0 spiro atoms. The van der Waals surface area contributed by atoms with E-state index < -0.39 is 5.82 Å². The molecule has 1 atom stereocenters. The second-order valence-electron chi connectivity index (χ2n) is 4.36. The fourth-order valence-electron chi connectivity index (χ4n) is 1.78. The van der Waals surface area contributed by atoms with Crippen molar-refractivity contribution in [3.63, 3.8) is 0 Å². The van der Waals surface area contributed by atoms with E-state index in [1.165, 1.54) is 12.1 Å². The minimum absolute atomic E-state index is 0.111. The Morgan fingerprint density at radius 1 is 1.26 bits per heavy atom. The number of halogens is 2. The largest absolute Gasteiger partial charge is 0.489 e. The predicted molar refractivity (Wildman–Crippen MR) is 74.8 cm³/mol. The molecule has 19 heavy (non-hydrogen) atoms. The van der Waals surface area contributed by atoms with Crippen molar-refractivity contribution in [1.29, 1.82) is 0 Å². The van der Waals surface area contributed by atoms with Gasteiger partial charge in [0.1, 0.15) is 18.2 Å². The van der Waals surface area contributed by atoms with Crippen LogP contribution in [-0.4, -0.2) is 0 Å². The van der Waals surface area contributed by atoms with E-state index in [0.29, 0.717) is 5.75 Å². The first kappa shape index (κ1) is 13.8. The summed E-state index contributed by atoms with van der Waals surface area (Å²) >= 11 is 5.63. The van der Waals surface area contributed by atoms with Crippen LogP contribution in [0.5, 0.6) is 5.75 Å². The van der Waals surface area contributed by atoms with E-state index in [9.17, 15) is 4.39 Å². The fraction of sp³-hybridized carbons (Fsp3) is 0.200. The lowest BCUT2D eigenvalue weighted by Crippen LogP contribution is -2.08. The summed E-state index contributed by atoms with van der Waals surface area (Å²) in [5, 5.41) is 0.111. The number of ether oxygens (including phenoxy) is 1. The zero-order valence-electron chi connectivity index (χ0n) is 10.6. The van der Waals surface area contributed by atoms with Gasteiger partial charge in [0.2, 0.25) is 0 Å². The van der Waals surface area contributed by atoms with Crippen LogP contribution in [0.25, 0.3) is 0 Å². The standard InChI is InChI=1S/C15H15ClFNO/c1-10(18)12-4-2-3-5-15(12)19-9-11-6-7-13(16)14(17)8-11/h2-8,10H,9,18H2,1H3/t10-/m0/s1. The minimum atomic E-state index is -0.441. The molecule has 100 valence electrons. The molecule has 0 saturated heterocycles. The highest BCUT2D eigenvalue weighted by Gasteiger charge is 2.08. The SMILES string of the molecule is C[C@H](N)c1ccccc1OCc1ccc(Cl)c(F)c1. The molecule has 2 aromatic carbocycles. The molecular formula is C15H15ClFNO. The first-order valence-electron chi connectivity index (χ1n) is 5.99. The highest BCUT2D eigenvalue weighted by Crippen LogP contribution is 2.24. The van der Waals surface area contributed by atoms with Gasteiger partial charge in [-0.2, -0.15) is 0 Å². The highest BCUT2D eigenvalue weighted by molar-refractivity contribution is 6.30. The summed E-state index contributed by atoms with van der Waals surface area (Å²) in [4.78, 5) is 0. The zero-order chi connectivity index (χ0) is 13.8. The summed E-state index contributed by atoms with van der Waals surface area (Å²) in [6.07, 6.45) is 0. The van der Waals surface area contributed by atoms with Crippen molar-refractivity contribution in [2.75, 3.05) is 0 Å². The van der Waals surface area contributed by atoms with Crippen LogP contribution < -0.4 is 10.5 Å². The van der Waals surface area contributed by atoms with Crippen LogP contribution in [0.1, 0.15) is 24.1 Å². The van der Waals surface area contributed by atoms with Crippen molar-refractivity contribution in [3.05, 3.63) is 64.4 Å². The van der Waals surface area contributed by atoms with Gasteiger partial charge in [0.25, 0.3) is 0 Å². The highest BCUT2D eigenvalue weighted by atomic mass is 35.5. The summed E-state index contributed by atoms with van der Waals surface area (Å²) in [6.45, 7) is 2.17. The first-order chi connectivity index (χ1) is 9.08. The zero-order valence-corrected chi connectivity index (χ0v) is 11.3. The predicted octanol–water partition coefficient (Wildman–Crippen LogP) is 4.08. The number of benzene rings is 2. The van der Waals surface area contributed by atoms with E-state index in [1.807, 2.05) is 31.2 Å². The number of para-hydroxylation sites is 1. The monoisotopic (exact) mass is 279 g/mol. The number of hydrogen-bond donors (Lipinski definition) is 1. The molecule has 0 bridgehead atoms. The van der Waals surface area contributed by atoms with Crippen LogP contribution in [-0.2, 0) is 6.61 Å². The van der Waals surface area contributed by atoms with Gasteiger partial charge in [-0.25, -0.2) is 4.39 Å². The van der Waals surface area contributed by atoms with Crippen molar-refractivity contribution in [2.24, 2.45) is 5.73 Å². The third kappa shape index (κ3) is 3.46. The Morgan fingerprint density at radius 3 is 2.68 bits per heavy atom. The number of nitrogens with two attached hydrogens (primary N) is 1. The lowest BCUT2D eigenvalue weighted by Gasteiger charge is -2.13. The molecule has 0 aliphatic rings. The van der Waals surface area contributed by atoms with E-state index in [4.69, 9.17) is 22.1 Å². The second kappa shape index (κ2) is 6.04. The quantitative estimate of drug-likeness (QED) is 0.915. The molecule has 0 fully saturated rings. The first-order valence-corrected chi connectivity index (χ1v) is 6.37. The van der Waals surface area contributed by atoms with Gasteiger partial charge in [-0.3, -0.25) is 0 Å². The Kier molecular flexibility index (Phi) is 4.40. The Balaban J connectivity index is 2.12. The molecular weight excluding hydrogens is 265 g/mol. The summed E-state index contributed by atoms with van der Waals surface area (Å²) < 4.78 is 19.0. The molecule has 0 aromatic heterocycles. The number of rotatable bonds is 4.